The lowest BCUT2D eigenvalue weighted by Gasteiger charge is -2.15. The van der Waals surface area contributed by atoms with Crippen molar-refractivity contribution in [3.63, 3.8) is 0 Å². The number of rotatable bonds is 4. The van der Waals surface area contributed by atoms with E-state index in [1.165, 1.54) is 13.2 Å². The van der Waals surface area contributed by atoms with Crippen molar-refractivity contribution in [1.82, 2.24) is 0 Å². The molecule has 16 heavy (non-hydrogen) atoms. The normalized spacial score (nSPS) is 11.9. The standard InChI is InChI=1S/C12H16O4/c1-4-11(12(14)15-3)16-9-6-5-8(2)10(13)7-9/h5-7,11,13H,4H2,1-3H3. The maximum Gasteiger partial charge on any atom is 0.347 e. The first-order chi connectivity index (χ1) is 7.58. The molecule has 1 unspecified atom stereocenters. The molecule has 88 valence electrons. The molecule has 1 N–H and O–H groups in total. The summed E-state index contributed by atoms with van der Waals surface area (Å²) in [5.74, 6) is 0.195. The number of carbonyl (C=O) groups is 1. The van der Waals surface area contributed by atoms with Crippen molar-refractivity contribution in [2.75, 3.05) is 7.11 Å². The van der Waals surface area contributed by atoms with E-state index in [-0.39, 0.29) is 5.75 Å². The van der Waals surface area contributed by atoms with Gasteiger partial charge in [0.25, 0.3) is 0 Å². The summed E-state index contributed by atoms with van der Waals surface area (Å²) < 4.78 is 10.0. The number of ether oxygens (including phenoxy) is 2. The van der Waals surface area contributed by atoms with Crippen molar-refractivity contribution in [1.29, 1.82) is 0 Å². The van der Waals surface area contributed by atoms with E-state index in [0.29, 0.717) is 12.2 Å². The summed E-state index contributed by atoms with van der Waals surface area (Å²) in [5, 5.41) is 9.49. The van der Waals surface area contributed by atoms with Gasteiger partial charge in [-0.15, -0.1) is 0 Å². The van der Waals surface area contributed by atoms with Crippen LogP contribution in [0.3, 0.4) is 0 Å². The van der Waals surface area contributed by atoms with Crippen molar-refractivity contribution >= 4 is 5.97 Å². The third-order valence-electron chi connectivity index (χ3n) is 2.29. The van der Waals surface area contributed by atoms with E-state index in [1.807, 2.05) is 6.92 Å². The van der Waals surface area contributed by atoms with Gasteiger partial charge in [0.1, 0.15) is 11.5 Å². The van der Waals surface area contributed by atoms with Crippen molar-refractivity contribution in [3.05, 3.63) is 23.8 Å². The SMILES string of the molecule is CCC(Oc1ccc(C)c(O)c1)C(=O)OC. The average Bonchev–Trinajstić information content (AvgIpc) is 2.29. The highest BCUT2D eigenvalue weighted by molar-refractivity contribution is 5.74. The lowest BCUT2D eigenvalue weighted by Crippen LogP contribution is -2.27. The Hall–Kier alpha value is -1.71. The van der Waals surface area contributed by atoms with E-state index in [0.717, 1.165) is 5.56 Å². The van der Waals surface area contributed by atoms with Gasteiger partial charge in [-0.25, -0.2) is 4.79 Å². The minimum Gasteiger partial charge on any atom is -0.508 e. The second-order valence-corrected chi connectivity index (χ2v) is 3.49. The van der Waals surface area contributed by atoms with Crippen LogP contribution in [0.2, 0.25) is 0 Å². The third-order valence-corrected chi connectivity index (χ3v) is 2.29. The summed E-state index contributed by atoms with van der Waals surface area (Å²) in [6, 6.07) is 4.93. The van der Waals surface area contributed by atoms with E-state index >= 15 is 0 Å². The van der Waals surface area contributed by atoms with Crippen LogP contribution in [0.4, 0.5) is 0 Å². The lowest BCUT2D eigenvalue weighted by atomic mass is 10.2. The summed E-state index contributed by atoms with van der Waals surface area (Å²) in [7, 11) is 1.32. The Morgan fingerprint density at radius 3 is 2.69 bits per heavy atom. The van der Waals surface area contributed by atoms with Gasteiger partial charge >= 0.3 is 5.97 Å². The second kappa shape index (κ2) is 5.39. The Balaban J connectivity index is 2.78. The van der Waals surface area contributed by atoms with Gasteiger partial charge in [0, 0.05) is 6.07 Å². The Labute approximate surface area is 94.8 Å². The molecule has 0 spiro atoms. The molecule has 0 bridgehead atoms. The van der Waals surface area contributed by atoms with Gasteiger partial charge in [0.15, 0.2) is 6.10 Å². The highest BCUT2D eigenvalue weighted by atomic mass is 16.6. The number of hydrogen-bond donors (Lipinski definition) is 1. The van der Waals surface area contributed by atoms with Gasteiger partial charge in [-0.3, -0.25) is 0 Å². The summed E-state index contributed by atoms with van der Waals surface area (Å²) in [6.07, 6.45) is -0.117. The molecule has 0 aliphatic rings. The van der Waals surface area contributed by atoms with Gasteiger partial charge in [0.05, 0.1) is 7.11 Å². The topological polar surface area (TPSA) is 55.8 Å². The minimum atomic E-state index is -0.632. The van der Waals surface area contributed by atoms with Crippen LogP contribution >= 0.6 is 0 Å². The van der Waals surface area contributed by atoms with Crippen molar-refractivity contribution in [2.45, 2.75) is 26.4 Å². The van der Waals surface area contributed by atoms with Crippen LogP contribution in [0, 0.1) is 6.92 Å². The zero-order valence-corrected chi connectivity index (χ0v) is 9.69. The monoisotopic (exact) mass is 224 g/mol. The van der Waals surface area contributed by atoms with Gasteiger partial charge in [0.2, 0.25) is 0 Å². The van der Waals surface area contributed by atoms with Crippen LogP contribution in [-0.2, 0) is 9.53 Å². The van der Waals surface area contributed by atoms with Crippen LogP contribution in [-0.4, -0.2) is 24.3 Å². The molecule has 0 saturated heterocycles. The molecule has 1 atom stereocenters. The number of methoxy groups -OCH3 is 1. The fourth-order valence-corrected chi connectivity index (χ4v) is 1.26. The molecule has 0 aliphatic heterocycles. The Bertz CT molecular complexity index is 373. The number of phenolic OH excluding ortho intramolecular Hbond substituents is 1. The van der Waals surface area contributed by atoms with Crippen LogP contribution in [0.5, 0.6) is 11.5 Å². The molecule has 0 amide bonds. The van der Waals surface area contributed by atoms with Crippen LogP contribution in [0.15, 0.2) is 18.2 Å². The summed E-state index contributed by atoms with van der Waals surface area (Å²) in [5.41, 5.74) is 0.762. The highest BCUT2D eigenvalue weighted by Gasteiger charge is 2.18. The minimum absolute atomic E-state index is 0.150. The highest BCUT2D eigenvalue weighted by Crippen LogP contribution is 2.23. The quantitative estimate of drug-likeness (QED) is 0.795. The molecular weight excluding hydrogens is 208 g/mol. The smallest absolute Gasteiger partial charge is 0.347 e. The molecule has 4 nitrogen and oxygen atoms in total. The molecule has 0 aromatic heterocycles. The predicted octanol–water partition coefficient (Wildman–Crippen LogP) is 2.03. The number of esters is 1. The molecule has 4 heteroatoms. The Morgan fingerprint density at radius 2 is 2.19 bits per heavy atom. The largest absolute Gasteiger partial charge is 0.508 e. The molecule has 1 rings (SSSR count). The predicted molar refractivity (Wildman–Crippen MR) is 59.6 cm³/mol. The van der Waals surface area contributed by atoms with E-state index in [1.54, 1.807) is 19.1 Å². The first-order valence-electron chi connectivity index (χ1n) is 5.12. The molecule has 0 fully saturated rings. The zero-order valence-electron chi connectivity index (χ0n) is 9.69. The fraction of sp³-hybridized carbons (Fsp3) is 0.417. The van der Waals surface area contributed by atoms with Crippen molar-refractivity contribution < 1.29 is 19.4 Å². The number of aryl methyl sites for hydroxylation is 1. The fourth-order valence-electron chi connectivity index (χ4n) is 1.26. The van der Waals surface area contributed by atoms with E-state index in [9.17, 15) is 9.90 Å². The van der Waals surface area contributed by atoms with Crippen molar-refractivity contribution in [2.24, 2.45) is 0 Å². The molecule has 0 saturated carbocycles. The first kappa shape index (κ1) is 12.4. The molecule has 0 heterocycles. The first-order valence-corrected chi connectivity index (χ1v) is 5.12. The molecule has 1 aromatic rings. The van der Waals surface area contributed by atoms with Crippen LogP contribution in [0.1, 0.15) is 18.9 Å². The van der Waals surface area contributed by atoms with Gasteiger partial charge in [-0.2, -0.15) is 0 Å². The van der Waals surface area contributed by atoms with E-state index < -0.39 is 12.1 Å². The van der Waals surface area contributed by atoms with E-state index in [4.69, 9.17) is 4.74 Å². The Kier molecular flexibility index (Phi) is 4.17. The van der Waals surface area contributed by atoms with Crippen molar-refractivity contribution in [3.8, 4) is 11.5 Å². The number of hydrogen-bond acceptors (Lipinski definition) is 4. The van der Waals surface area contributed by atoms with Crippen LogP contribution < -0.4 is 4.74 Å². The van der Waals surface area contributed by atoms with Gasteiger partial charge in [-0.1, -0.05) is 13.0 Å². The summed E-state index contributed by atoms with van der Waals surface area (Å²) in [4.78, 5) is 11.3. The number of aromatic hydroxyl groups is 1. The molecule has 0 aliphatic carbocycles. The number of carbonyl (C=O) groups excluding carboxylic acids is 1. The lowest BCUT2D eigenvalue weighted by molar-refractivity contribution is -0.148. The maximum atomic E-state index is 11.3. The van der Waals surface area contributed by atoms with Crippen LogP contribution in [0.25, 0.3) is 0 Å². The Morgan fingerprint density at radius 1 is 1.50 bits per heavy atom. The third kappa shape index (κ3) is 2.89. The summed E-state index contributed by atoms with van der Waals surface area (Å²) >= 11 is 0. The average molecular weight is 224 g/mol. The molecule has 1 aromatic carbocycles. The van der Waals surface area contributed by atoms with E-state index in [2.05, 4.69) is 4.74 Å². The van der Waals surface area contributed by atoms with Gasteiger partial charge < -0.3 is 14.6 Å². The zero-order chi connectivity index (χ0) is 12.1. The second-order valence-electron chi connectivity index (χ2n) is 3.49. The molecular formula is C12H16O4. The van der Waals surface area contributed by atoms with Gasteiger partial charge in [-0.05, 0) is 25.0 Å². The molecule has 0 radical (unpaired) electrons. The number of benzene rings is 1. The maximum absolute atomic E-state index is 11.3. The number of phenols is 1. The summed E-state index contributed by atoms with van der Waals surface area (Å²) in [6.45, 7) is 3.62.